The minimum absolute atomic E-state index is 0.0986. The fraction of sp³-hybridized carbons (Fsp3) is 0.600. The molecule has 3 rings (SSSR count). The smallest absolute Gasteiger partial charge is 0.196 e. The zero-order chi connectivity index (χ0) is 16.2. The molecule has 1 saturated heterocycles. The zero-order valence-electron chi connectivity index (χ0n) is 12.9. The van der Waals surface area contributed by atoms with Crippen molar-refractivity contribution >= 4 is 22.6 Å². The van der Waals surface area contributed by atoms with Crippen molar-refractivity contribution in [3.63, 3.8) is 0 Å². The number of halogens is 1. The van der Waals surface area contributed by atoms with E-state index in [1.54, 1.807) is 12.3 Å². The lowest BCUT2D eigenvalue weighted by atomic mass is 10.2. The molecule has 0 saturated carbocycles. The maximum atomic E-state index is 9.79. The van der Waals surface area contributed by atoms with Gasteiger partial charge in [0.05, 0.1) is 6.61 Å². The molecule has 23 heavy (non-hydrogen) atoms. The van der Waals surface area contributed by atoms with Crippen molar-refractivity contribution in [2.45, 2.75) is 44.6 Å². The van der Waals surface area contributed by atoms with Crippen LogP contribution in [0.25, 0.3) is 0 Å². The third kappa shape index (κ3) is 3.93. The highest BCUT2D eigenvalue weighted by atomic mass is 127. The van der Waals surface area contributed by atoms with Gasteiger partial charge in [-0.2, -0.15) is 0 Å². The fourth-order valence-corrected chi connectivity index (χ4v) is 3.17. The van der Waals surface area contributed by atoms with Gasteiger partial charge in [-0.05, 0) is 26.2 Å². The molecule has 3 atom stereocenters. The summed E-state index contributed by atoms with van der Waals surface area (Å²) in [4.78, 5) is 4.39. The van der Waals surface area contributed by atoms with Gasteiger partial charge in [-0.15, -0.1) is 0 Å². The molecule has 3 heterocycles. The summed E-state index contributed by atoms with van der Waals surface area (Å²) in [5.41, 5.74) is 0.664. The second-order valence-electron chi connectivity index (χ2n) is 5.52. The van der Waals surface area contributed by atoms with Crippen LogP contribution < -0.4 is 0 Å². The van der Waals surface area contributed by atoms with Gasteiger partial charge in [0.1, 0.15) is 23.7 Å². The number of ether oxygens (including phenoxy) is 2. The molecular weight excluding hydrogens is 413 g/mol. The lowest BCUT2D eigenvalue weighted by Crippen LogP contribution is -2.26. The highest BCUT2D eigenvalue weighted by Gasteiger charge is 2.25. The summed E-state index contributed by atoms with van der Waals surface area (Å²) >= 11 is 2.05. The van der Waals surface area contributed by atoms with Crippen molar-refractivity contribution < 1.29 is 19.1 Å². The van der Waals surface area contributed by atoms with Crippen molar-refractivity contribution in [2.24, 2.45) is 0 Å². The van der Waals surface area contributed by atoms with Crippen LogP contribution in [0.3, 0.4) is 0 Å². The average Bonchev–Trinajstić information content (AvgIpc) is 3.19. The Kier molecular flexibility index (Phi) is 5.67. The van der Waals surface area contributed by atoms with Crippen molar-refractivity contribution in [1.82, 2.24) is 14.7 Å². The first-order chi connectivity index (χ1) is 11.2. The lowest BCUT2D eigenvalue weighted by Gasteiger charge is -2.27. The van der Waals surface area contributed by atoms with Gasteiger partial charge in [0.15, 0.2) is 10.1 Å². The summed E-state index contributed by atoms with van der Waals surface area (Å²) in [6, 6.07) is 1.46. The monoisotopic (exact) mass is 433 g/mol. The molecular formula is C15H20IN3O4. The molecule has 0 radical (unpaired) electrons. The van der Waals surface area contributed by atoms with Gasteiger partial charge in [0.25, 0.3) is 0 Å². The van der Waals surface area contributed by atoms with E-state index >= 15 is 0 Å². The quantitative estimate of drug-likeness (QED) is 0.706. The van der Waals surface area contributed by atoms with Crippen LogP contribution in [-0.2, 0) is 9.47 Å². The molecule has 0 aliphatic carbocycles. The standard InChI is InChI=1S/C15H20IN3O4/c1-10(22-14-4-2-3-7-21-14)15-17-5-6-19(15)12(9-20)11-8-13(16)23-18-11/h5-6,8,10,12,14,20H,2-4,7,9H2,1H3. The maximum Gasteiger partial charge on any atom is 0.196 e. The Hall–Kier alpha value is -0.970. The number of aliphatic hydroxyl groups is 1. The van der Waals surface area contributed by atoms with Gasteiger partial charge in [0.2, 0.25) is 0 Å². The van der Waals surface area contributed by atoms with Crippen LogP contribution in [0.5, 0.6) is 0 Å². The van der Waals surface area contributed by atoms with E-state index in [4.69, 9.17) is 14.0 Å². The third-order valence-electron chi connectivity index (χ3n) is 3.91. The van der Waals surface area contributed by atoms with Crippen LogP contribution in [-0.4, -0.2) is 39.3 Å². The second-order valence-corrected chi connectivity index (χ2v) is 6.58. The molecule has 3 unspecified atom stereocenters. The van der Waals surface area contributed by atoms with Crippen LogP contribution in [0.2, 0.25) is 0 Å². The van der Waals surface area contributed by atoms with E-state index in [1.165, 1.54) is 0 Å². The van der Waals surface area contributed by atoms with Gasteiger partial charge in [-0.1, -0.05) is 5.16 Å². The Labute approximate surface area is 148 Å². The minimum Gasteiger partial charge on any atom is -0.394 e. The molecule has 2 aromatic rings. The van der Waals surface area contributed by atoms with Gasteiger partial charge < -0.3 is 23.7 Å². The van der Waals surface area contributed by atoms with E-state index in [2.05, 4.69) is 10.1 Å². The van der Waals surface area contributed by atoms with Crippen molar-refractivity contribution in [3.05, 3.63) is 33.7 Å². The van der Waals surface area contributed by atoms with Gasteiger partial charge in [-0.3, -0.25) is 0 Å². The number of nitrogens with zero attached hydrogens (tertiary/aromatic N) is 3. The Morgan fingerprint density at radius 2 is 2.39 bits per heavy atom. The van der Waals surface area contributed by atoms with E-state index in [0.717, 1.165) is 31.7 Å². The first kappa shape index (κ1) is 16.9. The summed E-state index contributed by atoms with van der Waals surface area (Å²) in [6.45, 7) is 2.58. The molecule has 2 aromatic heterocycles. The summed E-state index contributed by atoms with van der Waals surface area (Å²) in [6.07, 6.45) is 6.18. The number of aromatic nitrogens is 3. The van der Waals surface area contributed by atoms with Gasteiger partial charge >= 0.3 is 0 Å². The summed E-state index contributed by atoms with van der Waals surface area (Å²) in [7, 11) is 0. The lowest BCUT2D eigenvalue weighted by molar-refractivity contribution is -0.188. The van der Waals surface area contributed by atoms with E-state index in [-0.39, 0.29) is 25.0 Å². The van der Waals surface area contributed by atoms with Crippen LogP contribution >= 0.6 is 22.6 Å². The molecule has 0 amide bonds. The van der Waals surface area contributed by atoms with Gasteiger partial charge in [-0.25, -0.2) is 4.98 Å². The van der Waals surface area contributed by atoms with E-state index in [9.17, 15) is 5.11 Å². The Morgan fingerprint density at radius 3 is 3.04 bits per heavy atom. The fourth-order valence-electron chi connectivity index (χ4n) is 2.76. The Bertz CT molecular complexity index is 624. The van der Waals surface area contributed by atoms with E-state index in [1.807, 2.05) is 40.3 Å². The summed E-state index contributed by atoms with van der Waals surface area (Å²) < 4.78 is 19.3. The second kappa shape index (κ2) is 7.73. The molecule has 0 spiro atoms. The van der Waals surface area contributed by atoms with Crippen LogP contribution in [0.15, 0.2) is 23.0 Å². The first-order valence-corrected chi connectivity index (χ1v) is 8.79. The van der Waals surface area contributed by atoms with Crippen LogP contribution in [0.1, 0.15) is 49.9 Å². The molecule has 1 aliphatic rings. The minimum atomic E-state index is -0.349. The third-order valence-corrected chi connectivity index (χ3v) is 4.41. The zero-order valence-corrected chi connectivity index (χ0v) is 15.0. The molecule has 1 aliphatic heterocycles. The molecule has 8 heteroatoms. The molecule has 0 bridgehead atoms. The normalized spacial score (nSPS) is 21.3. The van der Waals surface area contributed by atoms with E-state index in [0.29, 0.717) is 9.46 Å². The molecule has 1 fully saturated rings. The summed E-state index contributed by atoms with van der Waals surface area (Å²) in [5.74, 6) is 0.733. The van der Waals surface area contributed by atoms with Crippen molar-refractivity contribution in [3.8, 4) is 0 Å². The molecule has 126 valence electrons. The first-order valence-electron chi connectivity index (χ1n) is 7.71. The largest absolute Gasteiger partial charge is 0.394 e. The number of imidazole rings is 1. The number of aliphatic hydroxyl groups excluding tert-OH is 1. The highest BCUT2D eigenvalue weighted by Crippen LogP contribution is 2.27. The number of hydrogen-bond acceptors (Lipinski definition) is 6. The number of rotatable bonds is 6. The topological polar surface area (TPSA) is 82.5 Å². The van der Waals surface area contributed by atoms with Crippen LogP contribution in [0.4, 0.5) is 0 Å². The SMILES string of the molecule is CC(OC1CCCCO1)c1nccn1C(CO)c1cc(I)on1. The van der Waals surface area contributed by atoms with Crippen molar-refractivity contribution in [2.75, 3.05) is 13.2 Å². The predicted octanol–water partition coefficient (Wildman–Crippen LogP) is 2.66. The molecule has 1 N–H and O–H groups in total. The highest BCUT2D eigenvalue weighted by molar-refractivity contribution is 14.1. The van der Waals surface area contributed by atoms with E-state index < -0.39 is 0 Å². The maximum absolute atomic E-state index is 9.79. The Balaban J connectivity index is 1.77. The predicted molar refractivity (Wildman–Crippen MR) is 89.8 cm³/mol. The molecule has 7 nitrogen and oxygen atoms in total. The average molecular weight is 433 g/mol. The molecule has 0 aromatic carbocycles. The van der Waals surface area contributed by atoms with Crippen molar-refractivity contribution in [1.29, 1.82) is 0 Å². The van der Waals surface area contributed by atoms with Gasteiger partial charge in [0, 0.05) is 47.7 Å². The Morgan fingerprint density at radius 1 is 1.52 bits per heavy atom. The number of hydrogen-bond donors (Lipinski definition) is 1. The summed E-state index contributed by atoms with van der Waals surface area (Å²) in [5, 5.41) is 13.8. The van der Waals surface area contributed by atoms with Crippen LogP contribution in [0, 0.1) is 3.77 Å².